The number of hydrogen-bond donors (Lipinski definition) is 0. The van der Waals surface area contributed by atoms with Gasteiger partial charge in [-0.3, -0.25) is 0 Å². The number of aromatic nitrogens is 3. The maximum Gasteiger partial charge on any atom is 0.227 e. The minimum atomic E-state index is -3.59. The van der Waals surface area contributed by atoms with Crippen LogP contribution in [0.4, 0.5) is 0 Å². The highest BCUT2D eigenvalue weighted by atomic mass is 32.2. The van der Waals surface area contributed by atoms with Crippen LogP contribution in [0.3, 0.4) is 0 Å². The zero-order valence-electron chi connectivity index (χ0n) is 10.4. The largest absolute Gasteiger partial charge is 0.371 e. The maximum atomic E-state index is 12.3. The molecule has 1 fully saturated rings. The molecule has 0 spiro atoms. The predicted molar refractivity (Wildman–Crippen MR) is 66.4 cm³/mol. The number of rotatable bonds is 4. The first-order valence-corrected chi connectivity index (χ1v) is 7.37. The fourth-order valence-corrected chi connectivity index (χ4v) is 2.85. The highest BCUT2D eigenvalue weighted by molar-refractivity contribution is 7.91. The summed E-state index contributed by atoms with van der Waals surface area (Å²) in [7, 11) is -3.59. The van der Waals surface area contributed by atoms with Crippen molar-refractivity contribution in [3.05, 3.63) is 36.0 Å². The van der Waals surface area contributed by atoms with Crippen LogP contribution in [0.5, 0.6) is 0 Å². The Morgan fingerprint density at radius 1 is 1.37 bits per heavy atom. The van der Waals surface area contributed by atoms with E-state index in [1.807, 2.05) is 6.92 Å². The van der Waals surface area contributed by atoms with Crippen molar-refractivity contribution in [3.8, 4) is 0 Å². The van der Waals surface area contributed by atoms with Crippen molar-refractivity contribution >= 4 is 9.84 Å². The normalized spacial score (nSPS) is 18.5. The molecule has 1 aliphatic rings. The van der Waals surface area contributed by atoms with Gasteiger partial charge in [0.1, 0.15) is 6.10 Å². The second-order valence-electron chi connectivity index (χ2n) is 4.55. The minimum Gasteiger partial charge on any atom is -0.371 e. The standard InChI is InChI=1S/C12H13N3O3S/c1-9-2-4-11(5-3-9)19(16,17)12-7-15(14-13-12)6-10-8-18-10/h2-5,7,10H,6,8H2,1H3/t10-/m0/s1. The first kappa shape index (κ1) is 12.3. The topological polar surface area (TPSA) is 77.4 Å². The van der Waals surface area contributed by atoms with Gasteiger partial charge in [-0.05, 0) is 19.1 Å². The van der Waals surface area contributed by atoms with Gasteiger partial charge in [0.25, 0.3) is 0 Å². The summed E-state index contributed by atoms with van der Waals surface area (Å²) >= 11 is 0. The molecule has 2 aromatic rings. The van der Waals surface area contributed by atoms with Gasteiger partial charge in [0.05, 0.1) is 24.2 Å². The lowest BCUT2D eigenvalue weighted by Crippen LogP contribution is -2.04. The number of nitrogens with zero attached hydrogens (tertiary/aromatic N) is 3. The molecular weight excluding hydrogens is 266 g/mol. The summed E-state index contributed by atoms with van der Waals surface area (Å²) in [5, 5.41) is 7.52. The number of hydrogen-bond acceptors (Lipinski definition) is 5. The number of epoxide rings is 1. The molecule has 100 valence electrons. The fraction of sp³-hybridized carbons (Fsp3) is 0.333. The lowest BCUT2D eigenvalue weighted by atomic mass is 10.2. The number of ether oxygens (including phenoxy) is 1. The molecule has 1 aromatic heterocycles. The van der Waals surface area contributed by atoms with Crippen LogP contribution >= 0.6 is 0 Å². The molecule has 0 unspecified atom stereocenters. The average molecular weight is 279 g/mol. The molecule has 7 heteroatoms. The third kappa shape index (κ3) is 2.52. The highest BCUT2D eigenvalue weighted by Gasteiger charge is 2.26. The van der Waals surface area contributed by atoms with E-state index >= 15 is 0 Å². The number of aryl methyl sites for hydroxylation is 1. The van der Waals surface area contributed by atoms with E-state index in [2.05, 4.69) is 10.3 Å². The van der Waals surface area contributed by atoms with Gasteiger partial charge in [-0.15, -0.1) is 5.10 Å². The Kier molecular flexibility index (Phi) is 2.87. The summed E-state index contributed by atoms with van der Waals surface area (Å²) in [5.74, 6) is 0. The first-order valence-electron chi connectivity index (χ1n) is 5.89. The quantitative estimate of drug-likeness (QED) is 0.774. The Labute approximate surface area is 110 Å². The molecule has 0 radical (unpaired) electrons. The molecular formula is C12H13N3O3S. The van der Waals surface area contributed by atoms with E-state index in [1.54, 1.807) is 24.3 Å². The van der Waals surface area contributed by atoms with Gasteiger partial charge < -0.3 is 4.74 Å². The van der Waals surface area contributed by atoms with Crippen molar-refractivity contribution in [3.63, 3.8) is 0 Å². The molecule has 0 aliphatic carbocycles. The van der Waals surface area contributed by atoms with Crippen molar-refractivity contribution in [2.75, 3.05) is 6.61 Å². The predicted octanol–water partition coefficient (Wildman–Crippen LogP) is 0.818. The number of benzene rings is 1. The molecule has 2 heterocycles. The van der Waals surface area contributed by atoms with E-state index in [1.165, 1.54) is 10.9 Å². The second-order valence-corrected chi connectivity index (χ2v) is 6.45. The molecule has 0 bridgehead atoms. The molecule has 19 heavy (non-hydrogen) atoms. The van der Waals surface area contributed by atoms with E-state index in [9.17, 15) is 8.42 Å². The van der Waals surface area contributed by atoms with Gasteiger partial charge in [0.2, 0.25) is 14.9 Å². The van der Waals surface area contributed by atoms with Gasteiger partial charge in [-0.25, -0.2) is 13.1 Å². The van der Waals surface area contributed by atoms with Gasteiger partial charge in [-0.1, -0.05) is 22.9 Å². The summed E-state index contributed by atoms with van der Waals surface area (Å²) in [5.41, 5.74) is 1.01. The monoisotopic (exact) mass is 279 g/mol. The fourth-order valence-electron chi connectivity index (χ4n) is 1.71. The van der Waals surface area contributed by atoms with Crippen molar-refractivity contribution in [1.29, 1.82) is 0 Å². The Bertz CT molecular complexity index is 687. The molecule has 0 N–H and O–H groups in total. The van der Waals surface area contributed by atoms with Crippen LogP contribution in [0.2, 0.25) is 0 Å². The first-order chi connectivity index (χ1) is 9.05. The van der Waals surface area contributed by atoms with Crippen LogP contribution < -0.4 is 0 Å². The molecule has 1 atom stereocenters. The van der Waals surface area contributed by atoms with Crippen LogP contribution in [-0.2, 0) is 21.1 Å². The Hall–Kier alpha value is -1.73. The smallest absolute Gasteiger partial charge is 0.227 e. The van der Waals surface area contributed by atoms with E-state index in [4.69, 9.17) is 4.74 Å². The summed E-state index contributed by atoms with van der Waals surface area (Å²) in [6.07, 6.45) is 1.58. The third-order valence-corrected chi connectivity index (χ3v) is 4.55. The minimum absolute atomic E-state index is 0.0306. The molecule has 6 nitrogen and oxygen atoms in total. The molecule has 1 aliphatic heterocycles. The van der Waals surface area contributed by atoms with E-state index in [0.717, 1.165) is 5.56 Å². The molecule has 1 aromatic carbocycles. The second kappa shape index (κ2) is 4.43. The molecule has 0 amide bonds. The molecule has 1 saturated heterocycles. The van der Waals surface area contributed by atoms with Gasteiger partial charge >= 0.3 is 0 Å². The van der Waals surface area contributed by atoms with Crippen molar-refractivity contribution in [2.24, 2.45) is 0 Å². The van der Waals surface area contributed by atoms with E-state index in [0.29, 0.717) is 13.2 Å². The van der Waals surface area contributed by atoms with Crippen molar-refractivity contribution < 1.29 is 13.2 Å². The Balaban J connectivity index is 1.90. The molecule has 0 saturated carbocycles. The maximum absolute atomic E-state index is 12.3. The van der Waals surface area contributed by atoms with Gasteiger partial charge in [0, 0.05) is 0 Å². The van der Waals surface area contributed by atoms with Crippen LogP contribution in [-0.4, -0.2) is 36.1 Å². The lowest BCUT2D eigenvalue weighted by Gasteiger charge is -2.00. The third-order valence-electron chi connectivity index (χ3n) is 2.92. The Morgan fingerprint density at radius 3 is 2.68 bits per heavy atom. The Morgan fingerprint density at radius 2 is 2.05 bits per heavy atom. The van der Waals surface area contributed by atoms with Gasteiger partial charge in [-0.2, -0.15) is 0 Å². The number of sulfone groups is 1. The summed E-state index contributed by atoms with van der Waals surface area (Å²) in [6, 6.07) is 6.67. The average Bonchev–Trinajstić information content (AvgIpc) is 3.05. The van der Waals surface area contributed by atoms with Crippen molar-refractivity contribution in [2.45, 2.75) is 29.5 Å². The van der Waals surface area contributed by atoms with E-state index in [-0.39, 0.29) is 16.0 Å². The van der Waals surface area contributed by atoms with Crippen LogP contribution in [0.1, 0.15) is 5.56 Å². The summed E-state index contributed by atoms with van der Waals surface area (Å²) in [6.45, 7) is 3.14. The zero-order valence-corrected chi connectivity index (χ0v) is 11.2. The zero-order chi connectivity index (χ0) is 13.5. The lowest BCUT2D eigenvalue weighted by molar-refractivity contribution is 0.371. The SMILES string of the molecule is Cc1ccc(S(=O)(=O)c2cn(C[C@H]3CO3)nn2)cc1. The van der Waals surface area contributed by atoms with Crippen molar-refractivity contribution in [1.82, 2.24) is 15.0 Å². The van der Waals surface area contributed by atoms with E-state index < -0.39 is 9.84 Å². The van der Waals surface area contributed by atoms with Crippen LogP contribution in [0.25, 0.3) is 0 Å². The summed E-state index contributed by atoms with van der Waals surface area (Å²) in [4.78, 5) is 0.229. The molecule has 3 rings (SSSR count). The van der Waals surface area contributed by atoms with Gasteiger partial charge in [0.15, 0.2) is 0 Å². The van der Waals surface area contributed by atoms with Crippen LogP contribution in [0.15, 0.2) is 40.4 Å². The highest BCUT2D eigenvalue weighted by Crippen LogP contribution is 2.19. The van der Waals surface area contributed by atoms with Crippen LogP contribution in [0, 0.1) is 6.92 Å². The summed E-state index contributed by atoms with van der Waals surface area (Å²) < 4.78 is 31.2.